The first-order valence-corrected chi connectivity index (χ1v) is 13.1. The number of amides is 2. The van der Waals surface area contributed by atoms with E-state index in [4.69, 9.17) is 4.52 Å². The van der Waals surface area contributed by atoms with Crippen LogP contribution in [0.1, 0.15) is 35.1 Å². The van der Waals surface area contributed by atoms with Crippen molar-refractivity contribution in [1.82, 2.24) is 15.2 Å². The molecule has 2 N–H and O–H groups in total. The van der Waals surface area contributed by atoms with Gasteiger partial charge < -0.3 is 14.7 Å². The maximum absolute atomic E-state index is 13.3. The summed E-state index contributed by atoms with van der Waals surface area (Å²) in [5, 5.41) is 6.05. The standard InChI is InChI=1S/C25H24F3N5O5S/c1-13-21(15(3)38-31-13)39(36,37)32-14(2)23(34)30-22-24(35)33(4)19-8-6-5-7-18(19)20(29-22)16-9-11-17(12-10-16)25(26,27)28/h5-12,14,22,32H,1-4H3,(H,30,34). The molecule has 1 aliphatic heterocycles. The summed E-state index contributed by atoms with van der Waals surface area (Å²) in [4.78, 5) is 31.8. The number of fused-ring (bicyclic) bond motifs is 1. The van der Waals surface area contributed by atoms with Crippen LogP contribution in [0.2, 0.25) is 0 Å². The van der Waals surface area contributed by atoms with Crippen molar-refractivity contribution < 1.29 is 35.7 Å². The number of carbonyl (C=O) groups excluding carboxylic acids is 2. The molecule has 2 amide bonds. The fourth-order valence-corrected chi connectivity index (χ4v) is 5.66. The summed E-state index contributed by atoms with van der Waals surface area (Å²) in [5.41, 5.74) is 0.584. The Morgan fingerprint density at radius 2 is 1.74 bits per heavy atom. The lowest BCUT2D eigenvalue weighted by Crippen LogP contribution is -2.52. The van der Waals surface area contributed by atoms with Crippen LogP contribution in [0.5, 0.6) is 0 Å². The highest BCUT2D eigenvalue weighted by molar-refractivity contribution is 7.89. The molecule has 0 fully saturated rings. The normalized spacial score (nSPS) is 16.8. The number of aliphatic imine (C=N–C) groups is 1. The molecule has 0 saturated carbocycles. The molecule has 0 aliphatic carbocycles. The predicted molar refractivity (Wildman–Crippen MR) is 135 cm³/mol. The minimum absolute atomic E-state index is 0.0386. The highest BCUT2D eigenvalue weighted by Gasteiger charge is 2.34. The number of halogens is 3. The molecule has 1 aliphatic rings. The van der Waals surface area contributed by atoms with E-state index in [0.29, 0.717) is 11.3 Å². The summed E-state index contributed by atoms with van der Waals surface area (Å²) < 4.78 is 72.1. The molecule has 3 aromatic rings. The van der Waals surface area contributed by atoms with Crippen molar-refractivity contribution in [3.05, 3.63) is 76.7 Å². The lowest BCUT2D eigenvalue weighted by molar-refractivity contribution is -0.137. The highest BCUT2D eigenvalue weighted by atomic mass is 32.2. The second-order valence-corrected chi connectivity index (χ2v) is 10.5. The largest absolute Gasteiger partial charge is 0.416 e. The Labute approximate surface area is 221 Å². The number of rotatable bonds is 6. The number of nitrogens with zero attached hydrogens (tertiary/aromatic N) is 3. The zero-order valence-electron chi connectivity index (χ0n) is 21.2. The number of carbonyl (C=O) groups is 2. The van der Waals surface area contributed by atoms with Crippen LogP contribution < -0.4 is 14.9 Å². The van der Waals surface area contributed by atoms with Gasteiger partial charge in [-0.25, -0.2) is 13.4 Å². The van der Waals surface area contributed by atoms with E-state index in [9.17, 15) is 31.2 Å². The Kier molecular flexibility index (Phi) is 7.36. The van der Waals surface area contributed by atoms with Crippen LogP contribution in [0.4, 0.5) is 18.9 Å². The number of benzodiazepines with no additional fused rings is 1. The molecule has 0 saturated heterocycles. The first-order valence-electron chi connectivity index (χ1n) is 11.6. The monoisotopic (exact) mass is 563 g/mol. The number of alkyl halides is 3. The van der Waals surface area contributed by atoms with Crippen molar-refractivity contribution in [3.8, 4) is 0 Å². The van der Waals surface area contributed by atoms with E-state index in [1.54, 1.807) is 24.3 Å². The van der Waals surface area contributed by atoms with Crippen molar-refractivity contribution in [1.29, 1.82) is 0 Å². The van der Waals surface area contributed by atoms with Crippen LogP contribution in [0, 0.1) is 13.8 Å². The maximum atomic E-state index is 13.3. The fourth-order valence-electron chi connectivity index (χ4n) is 4.13. The molecule has 2 atom stereocenters. The first kappa shape index (κ1) is 28.0. The van der Waals surface area contributed by atoms with Gasteiger partial charge in [0.25, 0.3) is 5.91 Å². The third-order valence-electron chi connectivity index (χ3n) is 6.07. The summed E-state index contributed by atoms with van der Waals surface area (Å²) in [5.74, 6) is -1.46. The van der Waals surface area contributed by atoms with Gasteiger partial charge in [0.2, 0.25) is 22.1 Å². The summed E-state index contributed by atoms with van der Waals surface area (Å²) in [6.07, 6.45) is -6.04. The number of hydrogen-bond donors (Lipinski definition) is 2. The molecule has 10 nitrogen and oxygen atoms in total. The van der Waals surface area contributed by atoms with Gasteiger partial charge in [-0.3, -0.25) is 9.59 Å². The van der Waals surface area contributed by atoms with E-state index in [1.807, 2.05) is 0 Å². The smallest absolute Gasteiger partial charge is 0.360 e. The van der Waals surface area contributed by atoms with Crippen LogP contribution in [0.15, 0.2) is 62.9 Å². The van der Waals surface area contributed by atoms with E-state index in [0.717, 1.165) is 12.1 Å². The number of nitrogens with one attached hydrogen (secondary N) is 2. The van der Waals surface area contributed by atoms with Crippen molar-refractivity contribution in [2.45, 2.75) is 44.1 Å². The molecular formula is C25H24F3N5O5S. The SMILES string of the molecule is Cc1noc(C)c1S(=O)(=O)NC(C)C(=O)NC1N=C(c2ccc(C(F)(F)F)cc2)c2ccccc2N(C)C1=O. The number of likely N-dealkylation sites (N-methyl/N-ethyl adjacent to an activating group) is 1. The Hall–Kier alpha value is -4.04. The van der Waals surface area contributed by atoms with Gasteiger partial charge in [-0.05, 0) is 39.0 Å². The predicted octanol–water partition coefficient (Wildman–Crippen LogP) is 2.93. The third kappa shape index (κ3) is 5.56. The fraction of sp³-hybridized carbons (Fsp3) is 0.280. The summed E-state index contributed by atoms with van der Waals surface area (Å²) >= 11 is 0. The Morgan fingerprint density at radius 1 is 1.10 bits per heavy atom. The van der Waals surface area contributed by atoms with Gasteiger partial charge in [-0.1, -0.05) is 35.5 Å². The molecule has 14 heteroatoms. The minimum Gasteiger partial charge on any atom is -0.360 e. The Morgan fingerprint density at radius 3 is 2.33 bits per heavy atom. The molecule has 1 aromatic heterocycles. The van der Waals surface area contributed by atoms with Crippen LogP contribution >= 0.6 is 0 Å². The summed E-state index contributed by atoms with van der Waals surface area (Å²) in [6.45, 7) is 4.13. The average molecular weight is 564 g/mol. The maximum Gasteiger partial charge on any atom is 0.416 e. The van der Waals surface area contributed by atoms with E-state index in [1.165, 1.54) is 44.9 Å². The van der Waals surface area contributed by atoms with Crippen molar-refractivity contribution in [3.63, 3.8) is 0 Å². The van der Waals surface area contributed by atoms with Gasteiger partial charge in [0, 0.05) is 18.2 Å². The number of sulfonamides is 1. The van der Waals surface area contributed by atoms with Gasteiger partial charge in [-0.2, -0.15) is 17.9 Å². The summed E-state index contributed by atoms with van der Waals surface area (Å²) in [6, 6.07) is 9.57. The first-order chi connectivity index (χ1) is 18.2. The minimum atomic E-state index is -4.54. The van der Waals surface area contributed by atoms with E-state index >= 15 is 0 Å². The molecule has 0 radical (unpaired) electrons. The van der Waals surface area contributed by atoms with Crippen LogP contribution in [0.3, 0.4) is 0 Å². The zero-order valence-corrected chi connectivity index (χ0v) is 22.0. The van der Waals surface area contributed by atoms with Gasteiger partial charge in [-0.15, -0.1) is 0 Å². The van der Waals surface area contributed by atoms with Gasteiger partial charge in [0.1, 0.15) is 10.6 Å². The highest BCUT2D eigenvalue weighted by Crippen LogP contribution is 2.31. The molecule has 0 spiro atoms. The second kappa shape index (κ2) is 10.3. The van der Waals surface area contributed by atoms with E-state index in [2.05, 4.69) is 20.2 Å². The quantitative estimate of drug-likeness (QED) is 0.474. The number of benzene rings is 2. The van der Waals surface area contributed by atoms with Crippen molar-refractivity contribution in [2.24, 2.45) is 4.99 Å². The zero-order chi connectivity index (χ0) is 28.7. The molecular weight excluding hydrogens is 539 g/mol. The molecule has 4 rings (SSSR count). The lowest BCUT2D eigenvalue weighted by atomic mass is 9.99. The van der Waals surface area contributed by atoms with Crippen LogP contribution in [0.25, 0.3) is 0 Å². The topological polar surface area (TPSA) is 134 Å². The average Bonchev–Trinajstić information content (AvgIpc) is 3.18. The number of aromatic nitrogens is 1. The van der Waals surface area contributed by atoms with E-state index < -0.39 is 45.8 Å². The molecule has 39 heavy (non-hydrogen) atoms. The van der Waals surface area contributed by atoms with Crippen molar-refractivity contribution >= 4 is 33.2 Å². The van der Waals surface area contributed by atoms with E-state index in [-0.39, 0.29) is 27.6 Å². The van der Waals surface area contributed by atoms with Crippen LogP contribution in [-0.2, 0) is 25.8 Å². The van der Waals surface area contributed by atoms with Gasteiger partial charge in [0.05, 0.1) is 23.0 Å². The molecule has 206 valence electrons. The molecule has 2 heterocycles. The molecule has 0 bridgehead atoms. The Balaban J connectivity index is 1.67. The Bertz CT molecular complexity index is 1550. The van der Waals surface area contributed by atoms with Gasteiger partial charge in [0.15, 0.2) is 5.76 Å². The number of anilines is 1. The third-order valence-corrected chi connectivity index (χ3v) is 7.85. The van der Waals surface area contributed by atoms with Crippen molar-refractivity contribution in [2.75, 3.05) is 11.9 Å². The molecule has 2 unspecified atom stereocenters. The number of aryl methyl sites for hydroxylation is 2. The van der Waals surface area contributed by atoms with Crippen LogP contribution in [-0.4, -0.2) is 50.4 Å². The number of para-hydroxylation sites is 1. The van der Waals surface area contributed by atoms with Gasteiger partial charge >= 0.3 is 6.18 Å². The second-order valence-electron chi connectivity index (χ2n) is 8.87. The molecule has 2 aromatic carbocycles. The number of hydrogen-bond acceptors (Lipinski definition) is 7. The summed E-state index contributed by atoms with van der Waals surface area (Å²) in [7, 11) is -2.73. The lowest BCUT2D eigenvalue weighted by Gasteiger charge is -2.22.